The number of carbonyl (C=O) groups is 1. The summed E-state index contributed by atoms with van der Waals surface area (Å²) in [6, 6.07) is 8.18. The molecule has 5 rings (SSSR count). The number of sulfonamides is 1. The van der Waals surface area contributed by atoms with Gasteiger partial charge < -0.3 is 24.2 Å². The van der Waals surface area contributed by atoms with Crippen LogP contribution in [0.2, 0.25) is 10.0 Å². The number of rotatable bonds is 14. The number of pyridine rings is 1. The van der Waals surface area contributed by atoms with Crippen molar-refractivity contribution in [2.45, 2.75) is 48.4 Å². The largest absolute Gasteiger partial charge is 0.619 e. The molecule has 0 amide bonds. The highest BCUT2D eigenvalue weighted by molar-refractivity contribution is 8.02. The van der Waals surface area contributed by atoms with Crippen LogP contribution in [0.5, 0.6) is 17.2 Å². The molecule has 2 aromatic carbocycles. The van der Waals surface area contributed by atoms with Crippen molar-refractivity contribution in [3.05, 3.63) is 81.2 Å². The Morgan fingerprint density at radius 1 is 1.04 bits per heavy atom. The minimum absolute atomic E-state index is 0.0458. The van der Waals surface area contributed by atoms with Crippen molar-refractivity contribution in [3.63, 3.8) is 0 Å². The van der Waals surface area contributed by atoms with Crippen molar-refractivity contribution >= 4 is 51.0 Å². The molecule has 2 unspecified atom stereocenters. The van der Waals surface area contributed by atoms with Crippen LogP contribution >= 0.6 is 35.0 Å². The Morgan fingerprint density at radius 2 is 1.71 bits per heavy atom. The summed E-state index contributed by atoms with van der Waals surface area (Å²) in [5.74, 6) is -1.06. The second-order valence-corrected chi connectivity index (χ2v) is 14.9. The number of halogens is 7. The number of nitrogens with zero attached hydrogens (tertiary/aromatic N) is 2. The molecular weight excluding hydrogens is 746 g/mol. The molecule has 1 aliphatic carbocycles. The van der Waals surface area contributed by atoms with E-state index in [1.54, 1.807) is 0 Å². The Kier molecular flexibility index (Phi) is 11.6. The van der Waals surface area contributed by atoms with Gasteiger partial charge in [0.2, 0.25) is 10.0 Å². The van der Waals surface area contributed by atoms with Crippen LogP contribution in [0.1, 0.15) is 30.1 Å². The molecule has 0 bridgehead atoms. The molecule has 1 saturated heterocycles. The van der Waals surface area contributed by atoms with Crippen molar-refractivity contribution in [1.29, 1.82) is 0 Å². The van der Waals surface area contributed by atoms with E-state index in [0.29, 0.717) is 4.73 Å². The van der Waals surface area contributed by atoms with Gasteiger partial charge in [-0.05, 0) is 60.7 Å². The fraction of sp³-hybridized carbons (Fsp3) is 0.400. The van der Waals surface area contributed by atoms with Crippen molar-refractivity contribution < 1.29 is 58.8 Å². The highest BCUT2D eigenvalue weighted by Crippen LogP contribution is 2.39. The Labute approximate surface area is 291 Å². The van der Waals surface area contributed by atoms with Crippen LogP contribution in [0.4, 0.5) is 22.0 Å². The number of aromatic nitrogens is 1. The molecule has 3 aromatic rings. The van der Waals surface area contributed by atoms with Crippen LogP contribution < -0.4 is 18.9 Å². The first-order valence-electron chi connectivity index (χ1n) is 14.5. The Balaban J connectivity index is 1.42. The van der Waals surface area contributed by atoms with Crippen LogP contribution in [-0.4, -0.2) is 62.4 Å². The molecule has 1 aliphatic heterocycles. The average molecular weight is 774 g/mol. The lowest BCUT2D eigenvalue weighted by Crippen LogP contribution is -2.40. The molecule has 2 atom stereocenters. The maximum absolute atomic E-state index is 13.7. The normalized spacial score (nSPS) is 17.6. The van der Waals surface area contributed by atoms with Crippen LogP contribution in [0.25, 0.3) is 0 Å². The lowest BCUT2D eigenvalue weighted by molar-refractivity contribution is -0.605. The van der Waals surface area contributed by atoms with E-state index in [-0.39, 0.29) is 74.6 Å². The van der Waals surface area contributed by atoms with E-state index in [4.69, 9.17) is 32.7 Å². The van der Waals surface area contributed by atoms with Crippen LogP contribution in [0.3, 0.4) is 0 Å². The number of hydrogen-bond donors (Lipinski definition) is 0. The van der Waals surface area contributed by atoms with Gasteiger partial charge in [-0.1, -0.05) is 29.3 Å². The number of thioether (sulfide) groups is 1. The molecular formula is C30H27Cl2F5N2O8S2. The first kappa shape index (κ1) is 37.0. The van der Waals surface area contributed by atoms with Gasteiger partial charge in [0.05, 0.1) is 11.5 Å². The van der Waals surface area contributed by atoms with Gasteiger partial charge in [-0.3, -0.25) is 0 Å². The predicted molar refractivity (Wildman–Crippen MR) is 167 cm³/mol. The molecule has 0 radical (unpaired) electrons. The zero-order valence-corrected chi connectivity index (χ0v) is 28.2. The second-order valence-electron chi connectivity index (χ2n) is 11.0. The smallest absolute Gasteiger partial charge is 0.422 e. The molecule has 2 fully saturated rings. The van der Waals surface area contributed by atoms with Gasteiger partial charge in [-0.25, -0.2) is 13.2 Å². The zero-order chi connectivity index (χ0) is 35.5. The van der Waals surface area contributed by atoms with Gasteiger partial charge >= 0.3 is 18.8 Å². The van der Waals surface area contributed by atoms with Gasteiger partial charge in [0.25, 0.3) is 0 Å². The molecule has 10 nitrogen and oxygen atoms in total. The van der Waals surface area contributed by atoms with Gasteiger partial charge in [0.1, 0.15) is 21.9 Å². The highest BCUT2D eigenvalue weighted by atomic mass is 35.5. The molecule has 2 aliphatic rings. The predicted octanol–water partition coefficient (Wildman–Crippen LogP) is 6.55. The topological polar surface area (TPSA) is 118 Å². The quantitative estimate of drug-likeness (QED) is 0.0779. The number of hydrogen-bond acceptors (Lipinski definition) is 9. The summed E-state index contributed by atoms with van der Waals surface area (Å²) in [6.45, 7) is -4.58. The number of alkyl halides is 5. The second kappa shape index (κ2) is 15.3. The third-order valence-corrected chi connectivity index (χ3v) is 11.2. The summed E-state index contributed by atoms with van der Waals surface area (Å²) in [5, 5.41) is 10.4. The summed E-state index contributed by atoms with van der Waals surface area (Å²) in [6.07, 6.45) is -2.17. The van der Waals surface area contributed by atoms with Crippen molar-refractivity contribution in [2.75, 3.05) is 25.5 Å². The van der Waals surface area contributed by atoms with E-state index >= 15 is 0 Å². The van der Waals surface area contributed by atoms with Crippen LogP contribution in [0.15, 0.2) is 59.8 Å². The fourth-order valence-corrected chi connectivity index (χ4v) is 8.40. The van der Waals surface area contributed by atoms with Gasteiger partial charge in [0, 0.05) is 24.3 Å². The summed E-state index contributed by atoms with van der Waals surface area (Å²) in [5.41, 5.74) is 0.441. The Hall–Kier alpha value is -3.25. The lowest BCUT2D eigenvalue weighted by Gasteiger charge is -2.26. The SMILES string of the molecule is O=C(OC(Cc1c(Cl)c[n+]([O-])cc1Cl)c1ccc(OC(F)F)c(OCC2CC2)c1)C1SCCN1S(=O)(=O)c1ccc(OCC(F)(F)F)cc1. The fourth-order valence-electron chi connectivity index (χ4n) is 4.76. The van der Waals surface area contributed by atoms with E-state index in [0.717, 1.165) is 65.6 Å². The van der Waals surface area contributed by atoms with Crippen molar-refractivity contribution in [3.8, 4) is 17.2 Å². The number of ether oxygens (including phenoxy) is 4. The van der Waals surface area contributed by atoms with Crippen molar-refractivity contribution in [1.82, 2.24) is 4.31 Å². The first-order valence-corrected chi connectivity index (χ1v) is 17.8. The minimum atomic E-state index is -4.59. The highest BCUT2D eigenvalue weighted by Gasteiger charge is 2.42. The zero-order valence-electron chi connectivity index (χ0n) is 25.1. The summed E-state index contributed by atoms with van der Waals surface area (Å²) in [7, 11) is -4.36. The standard InChI is InChI=1S/C30H27Cl2F5N2O8S2/c31-22-13-38(41)14-23(32)21(22)12-25(18-3-8-24(47-29(33)34)26(11-18)44-15-17-1-2-17)46-28(40)27-39(9-10-48-27)49(42,43)20-6-4-19(5-7-20)45-16-30(35,36)37/h3-8,11,13-14,17,25,27,29H,1-2,9-10,12,15-16H2. The Bertz CT molecular complexity index is 1740. The van der Waals surface area contributed by atoms with Crippen molar-refractivity contribution in [2.24, 2.45) is 5.92 Å². The van der Waals surface area contributed by atoms with Crippen LogP contribution in [-0.2, 0) is 26.0 Å². The number of carbonyl (C=O) groups excluding carboxylic acids is 1. The minimum Gasteiger partial charge on any atom is -0.619 e. The molecule has 1 aromatic heterocycles. The Morgan fingerprint density at radius 3 is 2.33 bits per heavy atom. The third kappa shape index (κ3) is 9.72. The summed E-state index contributed by atoms with van der Waals surface area (Å²) >= 11 is 13.6. The van der Waals surface area contributed by atoms with Crippen LogP contribution in [0, 0.1) is 11.1 Å². The van der Waals surface area contributed by atoms with E-state index in [2.05, 4.69) is 9.47 Å². The van der Waals surface area contributed by atoms with E-state index in [1.165, 1.54) is 18.2 Å². The maximum atomic E-state index is 13.7. The first-order chi connectivity index (χ1) is 23.1. The number of benzene rings is 2. The maximum Gasteiger partial charge on any atom is 0.422 e. The van der Waals surface area contributed by atoms with E-state index < -0.39 is 46.9 Å². The van der Waals surface area contributed by atoms with Gasteiger partial charge in [-0.15, -0.1) is 11.8 Å². The van der Waals surface area contributed by atoms with Gasteiger partial charge in [0.15, 0.2) is 35.9 Å². The van der Waals surface area contributed by atoms with E-state index in [9.17, 15) is 40.4 Å². The third-order valence-electron chi connectivity index (χ3n) is 7.32. The average Bonchev–Trinajstić information content (AvgIpc) is 3.71. The molecule has 19 heteroatoms. The molecule has 0 N–H and O–H groups in total. The molecule has 0 spiro atoms. The number of esters is 1. The monoisotopic (exact) mass is 772 g/mol. The lowest BCUT2D eigenvalue weighted by atomic mass is 10.0. The summed E-state index contributed by atoms with van der Waals surface area (Å²) < 4.78 is 113. The van der Waals surface area contributed by atoms with E-state index in [1.807, 2.05) is 0 Å². The molecule has 1 saturated carbocycles. The molecule has 266 valence electrons. The molecule has 49 heavy (non-hydrogen) atoms. The van der Waals surface area contributed by atoms with Gasteiger partial charge in [-0.2, -0.15) is 31.0 Å². The molecule has 2 heterocycles. The summed E-state index contributed by atoms with van der Waals surface area (Å²) in [4.78, 5) is 13.4.